The van der Waals surface area contributed by atoms with Crippen LogP contribution in [0, 0.1) is 18.3 Å². The smallest absolute Gasteiger partial charge is 0.234 e. The molecule has 0 aliphatic heterocycles. The molecular weight excluding hydrogens is 324 g/mol. The van der Waals surface area contributed by atoms with E-state index in [2.05, 4.69) is 51.2 Å². The Labute approximate surface area is 155 Å². The average molecular weight is 350 g/mol. The standard InChI is InChI=1S/C22H26N2O2/c1-16-6-5-7-19(22(2,3)4)21(16)26-18-10-8-17(9-11-18)13-15-24-20(25)12-14-23/h5-11H,12-13,15H2,1-4H3,(H,24,25). The molecule has 2 rings (SSSR count). The zero-order valence-electron chi connectivity index (χ0n) is 15.9. The summed E-state index contributed by atoms with van der Waals surface area (Å²) in [6.45, 7) is 9.12. The molecule has 1 N–H and O–H groups in total. The van der Waals surface area contributed by atoms with E-state index in [0.29, 0.717) is 6.54 Å². The highest BCUT2D eigenvalue weighted by molar-refractivity contribution is 5.77. The van der Waals surface area contributed by atoms with Crippen LogP contribution in [0.15, 0.2) is 42.5 Å². The maximum Gasteiger partial charge on any atom is 0.234 e. The molecule has 26 heavy (non-hydrogen) atoms. The summed E-state index contributed by atoms with van der Waals surface area (Å²) in [5, 5.41) is 11.2. The molecule has 0 unspecified atom stereocenters. The molecule has 4 heteroatoms. The molecule has 0 aliphatic rings. The summed E-state index contributed by atoms with van der Waals surface area (Å²) < 4.78 is 6.19. The number of hydrogen-bond acceptors (Lipinski definition) is 3. The fourth-order valence-corrected chi connectivity index (χ4v) is 2.70. The summed E-state index contributed by atoms with van der Waals surface area (Å²) in [5.41, 5.74) is 3.40. The van der Waals surface area contributed by atoms with Crippen LogP contribution < -0.4 is 10.1 Å². The second-order valence-corrected chi connectivity index (χ2v) is 7.38. The zero-order valence-corrected chi connectivity index (χ0v) is 15.9. The number of ether oxygens (including phenoxy) is 1. The number of nitriles is 1. The van der Waals surface area contributed by atoms with Crippen LogP contribution in [0.5, 0.6) is 11.5 Å². The summed E-state index contributed by atoms with van der Waals surface area (Å²) in [7, 11) is 0. The first-order chi connectivity index (χ1) is 12.3. The second-order valence-electron chi connectivity index (χ2n) is 7.38. The predicted molar refractivity (Wildman–Crippen MR) is 103 cm³/mol. The van der Waals surface area contributed by atoms with Gasteiger partial charge in [0.1, 0.15) is 17.9 Å². The van der Waals surface area contributed by atoms with E-state index < -0.39 is 0 Å². The predicted octanol–water partition coefficient (Wildman–Crippen LogP) is 4.66. The molecule has 4 nitrogen and oxygen atoms in total. The minimum atomic E-state index is -0.235. The molecule has 2 aromatic rings. The van der Waals surface area contributed by atoms with Crippen LogP contribution in [0.4, 0.5) is 0 Å². The van der Waals surface area contributed by atoms with Gasteiger partial charge in [0.05, 0.1) is 6.07 Å². The number of nitrogens with zero attached hydrogens (tertiary/aromatic N) is 1. The molecule has 0 heterocycles. The van der Waals surface area contributed by atoms with Gasteiger partial charge in [-0.05, 0) is 42.0 Å². The topological polar surface area (TPSA) is 62.1 Å². The third-order valence-electron chi connectivity index (χ3n) is 4.14. The Kier molecular flexibility index (Phi) is 6.41. The molecule has 136 valence electrons. The van der Waals surface area contributed by atoms with Gasteiger partial charge in [0.25, 0.3) is 0 Å². The molecule has 0 aromatic heterocycles. The molecule has 0 radical (unpaired) electrons. The van der Waals surface area contributed by atoms with E-state index in [1.54, 1.807) is 0 Å². The molecular formula is C22H26N2O2. The van der Waals surface area contributed by atoms with E-state index in [1.165, 1.54) is 5.56 Å². The van der Waals surface area contributed by atoms with Crippen molar-refractivity contribution >= 4 is 5.91 Å². The highest BCUT2D eigenvalue weighted by Crippen LogP contribution is 2.36. The van der Waals surface area contributed by atoms with Crippen molar-refractivity contribution in [3.8, 4) is 17.6 Å². The molecule has 0 spiro atoms. The van der Waals surface area contributed by atoms with Gasteiger partial charge in [-0.15, -0.1) is 0 Å². The number of para-hydroxylation sites is 1. The normalized spacial score (nSPS) is 10.9. The average Bonchev–Trinajstić information content (AvgIpc) is 2.57. The van der Waals surface area contributed by atoms with E-state index in [1.807, 2.05) is 30.3 Å². The van der Waals surface area contributed by atoms with E-state index in [-0.39, 0.29) is 17.7 Å². The summed E-state index contributed by atoms with van der Waals surface area (Å²) in [5.74, 6) is 1.47. The van der Waals surface area contributed by atoms with Crippen molar-refractivity contribution in [3.05, 3.63) is 59.2 Å². The number of rotatable bonds is 6. The summed E-state index contributed by atoms with van der Waals surface area (Å²) >= 11 is 0. The van der Waals surface area contributed by atoms with Crippen LogP contribution in [0.2, 0.25) is 0 Å². The van der Waals surface area contributed by atoms with Crippen LogP contribution >= 0.6 is 0 Å². The van der Waals surface area contributed by atoms with Gasteiger partial charge in [-0.3, -0.25) is 4.79 Å². The number of hydrogen-bond donors (Lipinski definition) is 1. The number of carbonyl (C=O) groups is 1. The van der Waals surface area contributed by atoms with Crippen LogP contribution in [0.1, 0.15) is 43.9 Å². The number of carbonyl (C=O) groups excluding carboxylic acids is 1. The molecule has 0 bridgehead atoms. The SMILES string of the molecule is Cc1cccc(C(C)(C)C)c1Oc1ccc(CCNC(=O)CC#N)cc1. The number of nitrogens with one attached hydrogen (secondary N) is 1. The first-order valence-corrected chi connectivity index (χ1v) is 8.82. The lowest BCUT2D eigenvalue weighted by atomic mass is 9.85. The van der Waals surface area contributed by atoms with E-state index >= 15 is 0 Å². The Hall–Kier alpha value is -2.80. The fourth-order valence-electron chi connectivity index (χ4n) is 2.70. The summed E-state index contributed by atoms with van der Waals surface area (Å²) in [6.07, 6.45) is 0.619. The van der Waals surface area contributed by atoms with Crippen molar-refractivity contribution in [2.45, 2.75) is 46.0 Å². The Morgan fingerprint density at radius 1 is 1.15 bits per heavy atom. The molecule has 0 fully saturated rings. The van der Waals surface area contributed by atoms with E-state index in [4.69, 9.17) is 10.00 Å². The second kappa shape index (κ2) is 8.53. The van der Waals surface area contributed by atoms with Crippen molar-refractivity contribution in [1.29, 1.82) is 5.26 Å². The van der Waals surface area contributed by atoms with Crippen molar-refractivity contribution in [2.75, 3.05) is 6.54 Å². The van der Waals surface area contributed by atoms with Crippen molar-refractivity contribution in [1.82, 2.24) is 5.32 Å². The number of aryl methyl sites for hydroxylation is 1. The van der Waals surface area contributed by atoms with Crippen LogP contribution in [-0.4, -0.2) is 12.5 Å². The van der Waals surface area contributed by atoms with Gasteiger partial charge in [0, 0.05) is 12.1 Å². The maximum atomic E-state index is 11.3. The van der Waals surface area contributed by atoms with Crippen molar-refractivity contribution in [3.63, 3.8) is 0 Å². The first kappa shape index (κ1) is 19.5. The molecule has 0 atom stereocenters. The summed E-state index contributed by atoms with van der Waals surface area (Å²) in [4.78, 5) is 11.3. The Bertz CT molecular complexity index is 796. The highest BCUT2D eigenvalue weighted by atomic mass is 16.5. The van der Waals surface area contributed by atoms with Crippen LogP contribution in [-0.2, 0) is 16.6 Å². The molecule has 0 saturated carbocycles. The van der Waals surface area contributed by atoms with Gasteiger partial charge in [0.15, 0.2) is 0 Å². The third-order valence-corrected chi connectivity index (χ3v) is 4.14. The van der Waals surface area contributed by atoms with Crippen LogP contribution in [0.25, 0.3) is 0 Å². The van der Waals surface area contributed by atoms with Gasteiger partial charge < -0.3 is 10.1 Å². The van der Waals surface area contributed by atoms with E-state index in [0.717, 1.165) is 29.0 Å². The van der Waals surface area contributed by atoms with Gasteiger partial charge in [-0.25, -0.2) is 0 Å². The van der Waals surface area contributed by atoms with Gasteiger partial charge >= 0.3 is 0 Å². The Morgan fingerprint density at radius 2 is 1.85 bits per heavy atom. The lowest BCUT2D eigenvalue weighted by molar-refractivity contribution is -0.120. The monoisotopic (exact) mass is 350 g/mol. The van der Waals surface area contributed by atoms with Crippen molar-refractivity contribution < 1.29 is 9.53 Å². The van der Waals surface area contributed by atoms with Gasteiger partial charge in [-0.2, -0.15) is 5.26 Å². The van der Waals surface area contributed by atoms with E-state index in [9.17, 15) is 4.79 Å². The lowest BCUT2D eigenvalue weighted by Crippen LogP contribution is -2.24. The molecule has 1 amide bonds. The molecule has 0 saturated heterocycles. The maximum absolute atomic E-state index is 11.3. The Morgan fingerprint density at radius 3 is 2.46 bits per heavy atom. The molecule has 2 aromatic carbocycles. The minimum Gasteiger partial charge on any atom is -0.457 e. The van der Waals surface area contributed by atoms with Crippen molar-refractivity contribution in [2.24, 2.45) is 0 Å². The zero-order chi connectivity index (χ0) is 19.2. The lowest BCUT2D eigenvalue weighted by Gasteiger charge is -2.24. The fraction of sp³-hybridized carbons (Fsp3) is 0.364. The minimum absolute atomic E-state index is 0.00290. The van der Waals surface area contributed by atoms with Gasteiger partial charge in [-0.1, -0.05) is 51.1 Å². The third kappa shape index (κ3) is 5.35. The van der Waals surface area contributed by atoms with Gasteiger partial charge in [0.2, 0.25) is 5.91 Å². The Balaban J connectivity index is 2.04. The largest absolute Gasteiger partial charge is 0.457 e. The number of benzene rings is 2. The molecule has 0 aliphatic carbocycles. The summed E-state index contributed by atoms with van der Waals surface area (Å²) in [6, 6.07) is 16.0. The highest BCUT2D eigenvalue weighted by Gasteiger charge is 2.20. The van der Waals surface area contributed by atoms with Crippen LogP contribution in [0.3, 0.4) is 0 Å². The first-order valence-electron chi connectivity index (χ1n) is 8.82. The quantitative estimate of drug-likeness (QED) is 0.824. The number of amides is 1.